The normalized spacial score (nSPS) is 14.3. The van der Waals surface area contributed by atoms with Crippen LogP contribution in [0, 0.1) is 5.92 Å². The van der Waals surface area contributed by atoms with Crippen molar-refractivity contribution in [3.05, 3.63) is 47.1 Å². The Morgan fingerprint density at radius 3 is 2.35 bits per heavy atom. The van der Waals surface area contributed by atoms with Gasteiger partial charge in [-0.1, -0.05) is 13.3 Å². The first-order valence-electron chi connectivity index (χ1n) is 14.0. The van der Waals surface area contributed by atoms with Crippen LogP contribution in [0.3, 0.4) is 0 Å². The molecular formula is C31H41N3O6. The number of hydrogen-bond donors (Lipinski definition) is 0. The van der Waals surface area contributed by atoms with Crippen molar-refractivity contribution in [2.75, 3.05) is 33.9 Å². The van der Waals surface area contributed by atoms with Crippen molar-refractivity contribution >= 4 is 16.9 Å². The number of aryl methyl sites for hydroxylation is 1. The number of likely N-dealkylation sites (tertiary alicyclic amines) is 1. The zero-order valence-corrected chi connectivity index (χ0v) is 24.5. The van der Waals surface area contributed by atoms with Gasteiger partial charge in [-0.25, -0.2) is 4.79 Å². The largest absolute Gasteiger partial charge is 0.493 e. The Labute approximate surface area is 236 Å². The number of rotatable bonds is 9. The second-order valence-electron chi connectivity index (χ2n) is 11.2. The minimum absolute atomic E-state index is 0.0445. The molecule has 40 heavy (non-hydrogen) atoms. The average Bonchev–Trinajstić information content (AvgIpc) is 2.94. The fourth-order valence-corrected chi connectivity index (χ4v) is 4.95. The number of unbranched alkanes of at least 4 members (excludes halogenated alkanes) is 1. The third kappa shape index (κ3) is 6.69. The third-order valence-electron chi connectivity index (χ3n) is 7.14. The quantitative estimate of drug-likeness (QED) is 0.327. The summed E-state index contributed by atoms with van der Waals surface area (Å²) in [5.41, 5.74) is 1.20. The SMILES string of the molecule is CCCCn1cc(-c2cc(OC)c(OCC3CCN(C(=O)OC(C)(C)C)CC3)c(OC)c2)c2ccncc2c1=O. The fourth-order valence-electron chi connectivity index (χ4n) is 4.95. The third-order valence-corrected chi connectivity index (χ3v) is 7.14. The molecule has 2 aromatic heterocycles. The van der Waals surface area contributed by atoms with Gasteiger partial charge in [-0.2, -0.15) is 0 Å². The Kier molecular flexibility index (Phi) is 9.22. The number of carbonyl (C=O) groups is 1. The maximum Gasteiger partial charge on any atom is 0.410 e. The Morgan fingerprint density at radius 2 is 1.75 bits per heavy atom. The van der Waals surface area contributed by atoms with Crippen LogP contribution in [0.15, 0.2) is 41.6 Å². The maximum atomic E-state index is 13.1. The number of fused-ring (bicyclic) bond motifs is 1. The number of nitrogens with zero attached hydrogens (tertiary/aromatic N) is 3. The van der Waals surface area contributed by atoms with Crippen LogP contribution in [0.5, 0.6) is 17.2 Å². The topological polar surface area (TPSA) is 92.1 Å². The van der Waals surface area contributed by atoms with Crippen LogP contribution >= 0.6 is 0 Å². The number of pyridine rings is 2. The smallest absolute Gasteiger partial charge is 0.410 e. The standard InChI is InChI=1S/C31H41N3O6/c1-7-8-13-34-19-25(23-9-12-32-18-24(23)29(34)35)22-16-26(37-5)28(27(17-22)38-6)39-20-21-10-14-33(15-11-21)30(36)40-31(2,3)4/h9,12,16-19,21H,7-8,10-11,13-15,20H2,1-6H3. The highest BCUT2D eigenvalue weighted by Gasteiger charge is 2.28. The first kappa shape index (κ1) is 29.2. The lowest BCUT2D eigenvalue weighted by Gasteiger charge is -2.33. The number of amides is 1. The van der Waals surface area contributed by atoms with Gasteiger partial charge in [0.25, 0.3) is 5.56 Å². The molecule has 9 nitrogen and oxygen atoms in total. The molecule has 3 heterocycles. The number of aromatic nitrogens is 2. The summed E-state index contributed by atoms with van der Waals surface area (Å²) < 4.78 is 25.1. The van der Waals surface area contributed by atoms with Crippen LogP contribution in [0.1, 0.15) is 53.4 Å². The average molecular weight is 552 g/mol. The van der Waals surface area contributed by atoms with Gasteiger partial charge in [-0.3, -0.25) is 9.78 Å². The van der Waals surface area contributed by atoms with E-state index in [0.717, 1.165) is 42.2 Å². The van der Waals surface area contributed by atoms with Crippen molar-refractivity contribution in [1.29, 1.82) is 0 Å². The van der Waals surface area contributed by atoms with Gasteiger partial charge in [0, 0.05) is 43.8 Å². The van der Waals surface area contributed by atoms with Gasteiger partial charge in [0.05, 0.1) is 26.2 Å². The lowest BCUT2D eigenvalue weighted by Crippen LogP contribution is -2.42. The minimum Gasteiger partial charge on any atom is -0.493 e. The molecule has 1 fully saturated rings. The molecule has 0 radical (unpaired) electrons. The second kappa shape index (κ2) is 12.6. The number of carbonyl (C=O) groups excluding carboxylic acids is 1. The molecule has 1 aromatic carbocycles. The van der Waals surface area contributed by atoms with Crippen molar-refractivity contribution in [2.24, 2.45) is 5.92 Å². The van der Waals surface area contributed by atoms with Crippen molar-refractivity contribution in [1.82, 2.24) is 14.5 Å². The molecule has 0 N–H and O–H groups in total. The molecular weight excluding hydrogens is 510 g/mol. The number of benzene rings is 1. The van der Waals surface area contributed by atoms with Crippen LogP contribution in [-0.4, -0.2) is 60.1 Å². The lowest BCUT2D eigenvalue weighted by atomic mass is 9.98. The zero-order chi connectivity index (χ0) is 28.9. The molecule has 0 unspecified atom stereocenters. The van der Waals surface area contributed by atoms with Crippen molar-refractivity contribution in [3.8, 4) is 28.4 Å². The molecule has 3 aromatic rings. The van der Waals surface area contributed by atoms with E-state index in [0.29, 0.717) is 48.9 Å². The van der Waals surface area contributed by atoms with Crippen molar-refractivity contribution in [3.63, 3.8) is 0 Å². The molecule has 0 bridgehead atoms. The summed E-state index contributed by atoms with van der Waals surface area (Å²) in [5.74, 6) is 1.92. The Bertz CT molecular complexity index is 1360. The zero-order valence-electron chi connectivity index (χ0n) is 24.5. The van der Waals surface area contributed by atoms with E-state index in [-0.39, 0.29) is 17.6 Å². The predicted octanol–water partition coefficient (Wildman–Crippen LogP) is 5.91. The van der Waals surface area contributed by atoms with Gasteiger partial charge >= 0.3 is 6.09 Å². The molecule has 0 spiro atoms. The second-order valence-corrected chi connectivity index (χ2v) is 11.2. The van der Waals surface area contributed by atoms with Crippen LogP contribution in [-0.2, 0) is 11.3 Å². The Balaban J connectivity index is 1.56. The molecule has 0 atom stereocenters. The number of methoxy groups -OCH3 is 2. The highest BCUT2D eigenvalue weighted by molar-refractivity contribution is 5.96. The molecule has 9 heteroatoms. The van der Waals surface area contributed by atoms with Gasteiger partial charge in [0.15, 0.2) is 11.5 Å². The van der Waals surface area contributed by atoms with E-state index >= 15 is 0 Å². The van der Waals surface area contributed by atoms with E-state index in [9.17, 15) is 9.59 Å². The van der Waals surface area contributed by atoms with Gasteiger partial charge in [-0.05, 0) is 75.1 Å². The molecule has 4 rings (SSSR count). The van der Waals surface area contributed by atoms with Crippen LogP contribution in [0.4, 0.5) is 4.79 Å². The summed E-state index contributed by atoms with van der Waals surface area (Å²) in [6.45, 7) is 10.1. The summed E-state index contributed by atoms with van der Waals surface area (Å²) in [7, 11) is 3.21. The van der Waals surface area contributed by atoms with Gasteiger partial charge in [0.2, 0.25) is 5.75 Å². The van der Waals surface area contributed by atoms with Gasteiger partial charge in [0.1, 0.15) is 5.60 Å². The van der Waals surface area contributed by atoms with E-state index in [4.69, 9.17) is 18.9 Å². The first-order chi connectivity index (χ1) is 19.1. The number of hydrogen-bond acceptors (Lipinski definition) is 7. The molecule has 1 aliphatic rings. The minimum atomic E-state index is -0.508. The molecule has 0 aliphatic carbocycles. The van der Waals surface area contributed by atoms with Crippen molar-refractivity contribution in [2.45, 2.75) is 65.5 Å². The summed E-state index contributed by atoms with van der Waals surface area (Å²) in [6, 6.07) is 5.71. The van der Waals surface area contributed by atoms with Gasteiger partial charge in [-0.15, -0.1) is 0 Å². The summed E-state index contributed by atoms with van der Waals surface area (Å²) >= 11 is 0. The van der Waals surface area contributed by atoms with E-state index in [1.165, 1.54) is 0 Å². The predicted molar refractivity (Wildman–Crippen MR) is 155 cm³/mol. The van der Waals surface area contributed by atoms with Gasteiger partial charge < -0.3 is 28.4 Å². The maximum absolute atomic E-state index is 13.1. The van der Waals surface area contributed by atoms with Crippen molar-refractivity contribution < 1.29 is 23.7 Å². The Morgan fingerprint density at radius 1 is 1.07 bits per heavy atom. The summed E-state index contributed by atoms with van der Waals surface area (Å²) in [6.07, 6.45) is 8.50. The Hall–Kier alpha value is -3.75. The van der Waals surface area contributed by atoms with Crippen LogP contribution < -0.4 is 19.8 Å². The lowest BCUT2D eigenvalue weighted by molar-refractivity contribution is 0.0164. The highest BCUT2D eigenvalue weighted by Crippen LogP contribution is 2.43. The molecule has 1 amide bonds. The van der Waals surface area contributed by atoms with E-state index in [2.05, 4.69) is 11.9 Å². The molecule has 0 saturated carbocycles. The fraction of sp³-hybridized carbons (Fsp3) is 0.516. The number of ether oxygens (including phenoxy) is 4. The van der Waals surface area contributed by atoms with Crippen LogP contribution in [0.2, 0.25) is 0 Å². The van der Waals surface area contributed by atoms with E-state index in [1.807, 2.05) is 45.2 Å². The summed E-state index contributed by atoms with van der Waals surface area (Å²) in [5, 5.41) is 1.40. The van der Waals surface area contributed by atoms with Crippen LogP contribution in [0.25, 0.3) is 21.9 Å². The molecule has 1 aliphatic heterocycles. The monoisotopic (exact) mass is 551 g/mol. The highest BCUT2D eigenvalue weighted by atomic mass is 16.6. The molecule has 1 saturated heterocycles. The molecule has 216 valence electrons. The summed E-state index contributed by atoms with van der Waals surface area (Å²) in [4.78, 5) is 31.5. The van der Waals surface area contributed by atoms with E-state index < -0.39 is 5.60 Å². The number of piperidine rings is 1. The van der Waals surface area contributed by atoms with E-state index in [1.54, 1.807) is 36.1 Å². The first-order valence-corrected chi connectivity index (χ1v) is 14.0.